The Morgan fingerprint density at radius 2 is 1.24 bits per heavy atom. The number of carbonyl (C=O) groups excluding carboxylic acids is 2. The maximum atomic E-state index is 12.6. The maximum Gasteiger partial charge on any atom is 0.419 e. The molecule has 3 unspecified atom stereocenters. The summed E-state index contributed by atoms with van der Waals surface area (Å²) in [5, 5.41) is 3.67. The molecule has 272 valence electrons. The average Bonchev–Trinajstić information content (AvgIpc) is 3.25. The summed E-state index contributed by atoms with van der Waals surface area (Å²) in [6.07, 6.45) is 0.451. The van der Waals surface area contributed by atoms with Gasteiger partial charge >= 0.3 is 12.2 Å². The number of fused-ring (bicyclic) bond motifs is 2. The number of hydrogen-bond donors (Lipinski definition) is 1. The van der Waals surface area contributed by atoms with Crippen molar-refractivity contribution >= 4 is 12.2 Å². The average molecular weight is 684 g/mol. The zero-order chi connectivity index (χ0) is 35.4. The predicted molar refractivity (Wildman–Crippen MR) is 187 cm³/mol. The molecule has 11 heteroatoms. The Labute approximate surface area is 292 Å². The molecule has 0 saturated carbocycles. The fourth-order valence-electron chi connectivity index (χ4n) is 6.51. The topological polar surface area (TPSA) is 108 Å². The molecule has 2 amide bonds. The predicted octanol–water partition coefficient (Wildman–Crippen LogP) is 5.62. The molecule has 1 N–H and O–H groups in total. The molecular weight excluding hydrogens is 626 g/mol. The van der Waals surface area contributed by atoms with E-state index in [0.29, 0.717) is 46.2 Å². The lowest BCUT2D eigenvalue weighted by atomic mass is 9.75. The molecule has 0 radical (unpaired) electrons. The van der Waals surface area contributed by atoms with Crippen molar-refractivity contribution in [3.8, 4) is 0 Å². The highest BCUT2D eigenvalue weighted by Crippen LogP contribution is 2.51. The number of imide groups is 1. The number of rotatable bonds is 17. The lowest BCUT2D eigenvalue weighted by Gasteiger charge is -2.39. The van der Waals surface area contributed by atoms with Gasteiger partial charge in [0.05, 0.1) is 64.9 Å². The van der Waals surface area contributed by atoms with Gasteiger partial charge in [-0.2, -0.15) is 0 Å². The highest BCUT2D eigenvalue weighted by Gasteiger charge is 2.55. The minimum atomic E-state index is -0.772. The molecule has 2 aromatic carbocycles. The van der Waals surface area contributed by atoms with Crippen molar-refractivity contribution in [2.45, 2.75) is 71.1 Å². The van der Waals surface area contributed by atoms with E-state index in [-0.39, 0.29) is 24.1 Å². The molecule has 3 atom stereocenters. The van der Waals surface area contributed by atoms with Gasteiger partial charge in [0.1, 0.15) is 11.2 Å². The zero-order valence-corrected chi connectivity index (χ0v) is 30.3. The van der Waals surface area contributed by atoms with Crippen molar-refractivity contribution < 1.29 is 38.0 Å². The van der Waals surface area contributed by atoms with Crippen LogP contribution in [0.25, 0.3) is 0 Å². The molecule has 0 aliphatic carbocycles. The molecule has 2 aliphatic rings. The molecule has 0 aromatic heterocycles. The molecule has 2 saturated heterocycles. The van der Waals surface area contributed by atoms with E-state index in [2.05, 4.69) is 70.9 Å². The molecule has 2 heterocycles. The van der Waals surface area contributed by atoms with Gasteiger partial charge in [0.15, 0.2) is 0 Å². The van der Waals surface area contributed by atoms with Crippen molar-refractivity contribution in [1.82, 2.24) is 15.1 Å². The number of amides is 2. The molecule has 11 nitrogen and oxygen atoms in total. The standard InChI is InChI=1S/C38H57N3O8/c1-35(2,3)48-33(42)41(34(43)49-36(4,5)6)17-18-44-19-20-45-21-22-46-23-24-47-29-37-26-38(32-15-11-8-12-16-32,40(28-37)30-39-27-37)25-31-13-9-7-10-14-31/h7-16,39H,17-30H2,1-6H3. The lowest BCUT2D eigenvalue weighted by Crippen LogP contribution is -2.52. The quantitative estimate of drug-likeness (QED) is 0.211. The first-order valence-electron chi connectivity index (χ1n) is 17.4. The summed E-state index contributed by atoms with van der Waals surface area (Å²) < 4.78 is 33.9. The number of carbonyl (C=O) groups is 2. The summed E-state index contributed by atoms with van der Waals surface area (Å²) in [6, 6.07) is 21.7. The van der Waals surface area contributed by atoms with Crippen LogP contribution in [-0.2, 0) is 40.4 Å². The summed E-state index contributed by atoms with van der Waals surface area (Å²) in [5.41, 5.74) is 1.17. The molecule has 2 bridgehead atoms. The molecule has 49 heavy (non-hydrogen) atoms. The summed E-state index contributed by atoms with van der Waals surface area (Å²) in [5.74, 6) is 0. The fraction of sp³-hybridized carbons (Fsp3) is 0.632. The second kappa shape index (κ2) is 17.7. The maximum absolute atomic E-state index is 12.6. The van der Waals surface area contributed by atoms with E-state index in [1.165, 1.54) is 11.1 Å². The number of ether oxygens (including phenoxy) is 6. The Morgan fingerprint density at radius 3 is 1.80 bits per heavy atom. The van der Waals surface area contributed by atoms with E-state index >= 15 is 0 Å². The minimum Gasteiger partial charge on any atom is -0.443 e. The van der Waals surface area contributed by atoms with E-state index in [4.69, 9.17) is 28.4 Å². The van der Waals surface area contributed by atoms with Gasteiger partial charge in [-0.05, 0) is 65.5 Å². The van der Waals surface area contributed by atoms with Crippen LogP contribution in [0.2, 0.25) is 0 Å². The molecule has 2 fully saturated rings. The third-order valence-electron chi connectivity index (χ3n) is 8.46. The largest absolute Gasteiger partial charge is 0.443 e. The second-order valence-electron chi connectivity index (χ2n) is 15.0. The van der Waals surface area contributed by atoms with Gasteiger partial charge in [0.2, 0.25) is 0 Å². The Bertz CT molecular complexity index is 1270. The van der Waals surface area contributed by atoms with Gasteiger partial charge in [0.25, 0.3) is 0 Å². The first kappa shape index (κ1) is 38.7. The fourth-order valence-corrected chi connectivity index (χ4v) is 6.51. The number of benzene rings is 2. The molecule has 2 aliphatic heterocycles. The molecule has 0 spiro atoms. The first-order valence-corrected chi connectivity index (χ1v) is 17.4. The number of nitrogens with one attached hydrogen (secondary N) is 1. The third kappa shape index (κ3) is 12.0. The van der Waals surface area contributed by atoms with Crippen LogP contribution >= 0.6 is 0 Å². The molecule has 4 rings (SSSR count). The molecule has 2 aromatic rings. The van der Waals surface area contributed by atoms with Gasteiger partial charge in [-0.3, -0.25) is 4.90 Å². The second-order valence-corrected chi connectivity index (χ2v) is 15.0. The van der Waals surface area contributed by atoms with Crippen LogP contribution in [0.3, 0.4) is 0 Å². The highest BCUT2D eigenvalue weighted by molar-refractivity contribution is 5.88. The van der Waals surface area contributed by atoms with Crippen molar-refractivity contribution in [1.29, 1.82) is 0 Å². The Kier molecular flexibility index (Phi) is 14.0. The smallest absolute Gasteiger partial charge is 0.419 e. The summed E-state index contributed by atoms with van der Waals surface area (Å²) in [4.78, 5) is 28.7. The minimum absolute atomic E-state index is 0.00256. The summed E-state index contributed by atoms with van der Waals surface area (Å²) >= 11 is 0. The first-order chi connectivity index (χ1) is 23.3. The molecular formula is C38H57N3O8. The van der Waals surface area contributed by atoms with Crippen LogP contribution < -0.4 is 5.32 Å². The van der Waals surface area contributed by atoms with Crippen LogP contribution in [-0.4, -0.2) is 112 Å². The summed E-state index contributed by atoms with van der Waals surface area (Å²) in [7, 11) is 0. The number of hydrogen-bond acceptors (Lipinski definition) is 10. The van der Waals surface area contributed by atoms with Crippen molar-refractivity contribution in [2.75, 3.05) is 79.2 Å². The zero-order valence-electron chi connectivity index (χ0n) is 30.3. The van der Waals surface area contributed by atoms with E-state index < -0.39 is 23.4 Å². The van der Waals surface area contributed by atoms with Crippen molar-refractivity contribution in [2.24, 2.45) is 5.41 Å². The Hall–Kier alpha value is -3.06. The van der Waals surface area contributed by atoms with Crippen LogP contribution in [0.5, 0.6) is 0 Å². The lowest BCUT2D eigenvalue weighted by molar-refractivity contribution is -0.0224. The number of nitrogens with zero attached hydrogens (tertiary/aromatic N) is 2. The monoisotopic (exact) mass is 683 g/mol. The van der Waals surface area contributed by atoms with Crippen LogP contribution in [0, 0.1) is 5.41 Å². The highest BCUT2D eigenvalue weighted by atomic mass is 16.6. The van der Waals surface area contributed by atoms with E-state index in [9.17, 15) is 9.59 Å². The van der Waals surface area contributed by atoms with E-state index in [0.717, 1.165) is 37.5 Å². The Balaban J connectivity index is 1.11. The van der Waals surface area contributed by atoms with Gasteiger partial charge in [-0.25, -0.2) is 14.5 Å². The van der Waals surface area contributed by atoms with Crippen molar-refractivity contribution in [3.63, 3.8) is 0 Å². The SMILES string of the molecule is CC(C)(C)OC(=O)N(CCOCCOCCOCCOCC12CNCN(C1)C(Cc1ccccc1)(c1ccccc1)C2)C(=O)OC(C)(C)C. The van der Waals surface area contributed by atoms with Crippen LogP contribution in [0.1, 0.15) is 59.1 Å². The normalized spacial score (nSPS) is 22.1. The van der Waals surface area contributed by atoms with Crippen LogP contribution in [0.15, 0.2) is 60.7 Å². The van der Waals surface area contributed by atoms with Gasteiger partial charge in [-0.15, -0.1) is 0 Å². The van der Waals surface area contributed by atoms with Crippen molar-refractivity contribution in [3.05, 3.63) is 71.8 Å². The third-order valence-corrected chi connectivity index (χ3v) is 8.46. The van der Waals surface area contributed by atoms with Gasteiger partial charge in [0, 0.05) is 25.2 Å². The van der Waals surface area contributed by atoms with Gasteiger partial charge in [-0.1, -0.05) is 60.7 Å². The summed E-state index contributed by atoms with van der Waals surface area (Å²) in [6.45, 7) is 16.6. The van der Waals surface area contributed by atoms with E-state index in [1.807, 2.05) is 0 Å². The van der Waals surface area contributed by atoms with Crippen LogP contribution in [0.4, 0.5) is 9.59 Å². The van der Waals surface area contributed by atoms with E-state index in [1.54, 1.807) is 41.5 Å². The van der Waals surface area contributed by atoms with Gasteiger partial charge < -0.3 is 33.7 Å². The Morgan fingerprint density at radius 1 is 0.735 bits per heavy atom.